The van der Waals surface area contributed by atoms with Gasteiger partial charge in [0, 0.05) is 0 Å². The third kappa shape index (κ3) is 12.2. The largest absolute Gasteiger partial charge is 0.491 e. The van der Waals surface area contributed by atoms with Crippen LogP contribution in [0.2, 0.25) is 0 Å². The van der Waals surface area contributed by atoms with Gasteiger partial charge < -0.3 is 30.5 Å². The molecular formula is C21H24FNO6. The molecule has 0 radical (unpaired) electrons. The summed E-state index contributed by atoms with van der Waals surface area (Å²) in [4.78, 5) is 10.5. The molecule has 0 aliphatic carbocycles. The van der Waals surface area contributed by atoms with E-state index < -0.39 is 24.2 Å². The summed E-state index contributed by atoms with van der Waals surface area (Å²) in [6.07, 6.45) is 5.57. The highest BCUT2D eigenvalue weighted by Crippen LogP contribution is 2.11. The summed E-state index contributed by atoms with van der Waals surface area (Å²) in [6, 6.07) is 5.46. The Bertz CT molecular complexity index is 764. The van der Waals surface area contributed by atoms with Crippen LogP contribution in [0.3, 0.4) is 0 Å². The van der Waals surface area contributed by atoms with Gasteiger partial charge in [-0.05, 0) is 42.5 Å². The quantitative estimate of drug-likeness (QED) is 0.313. The van der Waals surface area contributed by atoms with Crippen molar-refractivity contribution in [3.05, 3.63) is 66.5 Å². The first-order valence-corrected chi connectivity index (χ1v) is 8.68. The number of amides is 1. The molecule has 3 atom stereocenters. The number of nitrogens with two attached hydrogens (primary N) is 1. The molecule has 1 aromatic rings. The molecule has 0 heterocycles. The number of ether oxygens (including phenoxy) is 2. The number of hydrogen-bond donors (Lipinski definition) is 4. The van der Waals surface area contributed by atoms with Crippen LogP contribution >= 0.6 is 0 Å². The van der Waals surface area contributed by atoms with Crippen LogP contribution in [-0.4, -0.2) is 59.4 Å². The van der Waals surface area contributed by atoms with Crippen LogP contribution in [0.1, 0.15) is 0 Å². The summed E-state index contributed by atoms with van der Waals surface area (Å²) in [6.45, 7) is -0.550. The molecular weight excluding hydrogens is 381 g/mol. The smallest absolute Gasteiger partial charge is 0.243 e. The summed E-state index contributed by atoms with van der Waals surface area (Å²) >= 11 is 0. The molecule has 0 aliphatic heterocycles. The SMILES string of the molecule is NC(=O)COC[C@H](O)[C@H](O)C=CC=CC#CC=C[C@H](O)COc1ccc(F)cc1. The van der Waals surface area contributed by atoms with Crippen molar-refractivity contribution in [2.75, 3.05) is 19.8 Å². The van der Waals surface area contributed by atoms with Crippen molar-refractivity contribution in [1.29, 1.82) is 0 Å². The fourth-order valence-electron chi connectivity index (χ4n) is 1.81. The van der Waals surface area contributed by atoms with E-state index in [9.17, 15) is 24.5 Å². The van der Waals surface area contributed by atoms with Crippen molar-refractivity contribution >= 4 is 5.91 Å². The van der Waals surface area contributed by atoms with Gasteiger partial charge in [-0.25, -0.2) is 4.39 Å². The molecule has 1 rings (SSSR count). The number of primary amides is 1. The molecule has 0 aliphatic rings. The fourth-order valence-corrected chi connectivity index (χ4v) is 1.81. The number of hydrogen-bond acceptors (Lipinski definition) is 6. The maximum Gasteiger partial charge on any atom is 0.243 e. The van der Waals surface area contributed by atoms with Gasteiger partial charge >= 0.3 is 0 Å². The zero-order valence-electron chi connectivity index (χ0n) is 15.6. The van der Waals surface area contributed by atoms with Crippen molar-refractivity contribution in [3.8, 4) is 17.6 Å². The number of allylic oxidation sites excluding steroid dienone is 4. The summed E-state index contributed by atoms with van der Waals surface area (Å²) in [7, 11) is 0. The van der Waals surface area contributed by atoms with Gasteiger partial charge in [-0.2, -0.15) is 0 Å². The number of carbonyl (C=O) groups excluding carboxylic acids is 1. The minimum atomic E-state index is -1.19. The van der Waals surface area contributed by atoms with E-state index in [0.717, 1.165) is 0 Å². The predicted molar refractivity (Wildman–Crippen MR) is 105 cm³/mol. The molecule has 7 nitrogen and oxygen atoms in total. The van der Waals surface area contributed by atoms with Crippen molar-refractivity contribution in [1.82, 2.24) is 0 Å². The maximum absolute atomic E-state index is 12.8. The van der Waals surface area contributed by atoms with E-state index >= 15 is 0 Å². The van der Waals surface area contributed by atoms with Crippen molar-refractivity contribution in [3.63, 3.8) is 0 Å². The lowest BCUT2D eigenvalue weighted by Crippen LogP contribution is -2.30. The highest BCUT2D eigenvalue weighted by Gasteiger charge is 2.13. The zero-order valence-corrected chi connectivity index (χ0v) is 15.6. The van der Waals surface area contributed by atoms with Crippen molar-refractivity contribution in [2.45, 2.75) is 18.3 Å². The van der Waals surface area contributed by atoms with E-state index in [1.807, 2.05) is 0 Å². The Kier molecular flexibility index (Phi) is 11.7. The summed E-state index contributed by atoms with van der Waals surface area (Å²) in [5.74, 6) is 4.79. The van der Waals surface area contributed by atoms with Gasteiger partial charge in [0.25, 0.3) is 0 Å². The second-order valence-corrected chi connectivity index (χ2v) is 5.76. The molecule has 29 heavy (non-hydrogen) atoms. The second kappa shape index (κ2) is 14.1. The van der Waals surface area contributed by atoms with Gasteiger partial charge in [-0.15, -0.1) is 0 Å². The average molecular weight is 405 g/mol. The van der Waals surface area contributed by atoms with E-state index in [-0.39, 0.29) is 25.6 Å². The molecule has 0 aromatic heterocycles. The Hall–Kier alpha value is -2.96. The summed E-state index contributed by atoms with van der Waals surface area (Å²) in [5, 5.41) is 29.0. The average Bonchev–Trinajstić information content (AvgIpc) is 2.69. The van der Waals surface area contributed by atoms with E-state index in [1.165, 1.54) is 54.6 Å². The Morgan fingerprint density at radius 3 is 2.45 bits per heavy atom. The first kappa shape index (κ1) is 24.1. The minimum absolute atomic E-state index is 0.00571. The molecule has 8 heteroatoms. The van der Waals surface area contributed by atoms with Crippen LogP contribution in [-0.2, 0) is 9.53 Å². The number of halogens is 1. The lowest BCUT2D eigenvalue weighted by molar-refractivity contribution is -0.124. The molecule has 1 amide bonds. The van der Waals surface area contributed by atoms with Gasteiger partial charge in [-0.1, -0.05) is 30.1 Å². The molecule has 5 N–H and O–H groups in total. The number of aliphatic hydroxyl groups is 3. The van der Waals surface area contributed by atoms with Gasteiger partial charge in [-0.3, -0.25) is 4.79 Å². The van der Waals surface area contributed by atoms with Crippen LogP contribution in [0.25, 0.3) is 0 Å². The third-order valence-electron chi connectivity index (χ3n) is 3.25. The fraction of sp³-hybridized carbons (Fsp3) is 0.286. The van der Waals surface area contributed by atoms with E-state index in [4.69, 9.17) is 15.2 Å². The number of benzene rings is 1. The molecule has 0 unspecified atom stereocenters. The first-order chi connectivity index (χ1) is 13.9. The van der Waals surface area contributed by atoms with Crippen LogP contribution < -0.4 is 10.5 Å². The van der Waals surface area contributed by atoms with E-state index in [2.05, 4.69) is 11.8 Å². The maximum atomic E-state index is 12.8. The van der Waals surface area contributed by atoms with Crippen molar-refractivity contribution < 1.29 is 34.0 Å². The van der Waals surface area contributed by atoms with Crippen molar-refractivity contribution in [2.24, 2.45) is 5.73 Å². The molecule has 0 bridgehead atoms. The zero-order chi connectivity index (χ0) is 21.5. The Morgan fingerprint density at radius 1 is 1.07 bits per heavy atom. The minimum Gasteiger partial charge on any atom is -0.491 e. The van der Waals surface area contributed by atoms with Gasteiger partial charge in [0.15, 0.2) is 0 Å². The monoisotopic (exact) mass is 405 g/mol. The molecule has 0 spiro atoms. The van der Waals surface area contributed by atoms with Gasteiger partial charge in [0.05, 0.1) is 6.61 Å². The molecule has 1 aromatic carbocycles. The van der Waals surface area contributed by atoms with Crippen LogP contribution in [0.4, 0.5) is 4.39 Å². The Balaban J connectivity index is 2.27. The number of carbonyl (C=O) groups is 1. The standard InChI is InChI=1S/C21H24FNO6/c22-16-9-11-18(12-10-16)29-13-17(24)7-5-3-1-2-4-6-8-19(25)20(26)14-28-15-21(23)27/h2,4-12,17,19-20,24-26H,13-15H2,(H2,23,27)/t17-,19+,20-/m0/s1. The first-order valence-electron chi connectivity index (χ1n) is 8.68. The Labute approximate surface area is 168 Å². The molecule has 0 saturated heterocycles. The molecule has 0 fully saturated rings. The van der Waals surface area contributed by atoms with Crippen LogP contribution in [0.15, 0.2) is 60.7 Å². The Morgan fingerprint density at radius 2 is 1.76 bits per heavy atom. The highest BCUT2D eigenvalue weighted by atomic mass is 19.1. The van der Waals surface area contributed by atoms with Crippen LogP contribution in [0.5, 0.6) is 5.75 Å². The second-order valence-electron chi connectivity index (χ2n) is 5.76. The topological polar surface area (TPSA) is 122 Å². The molecule has 0 saturated carbocycles. The third-order valence-corrected chi connectivity index (χ3v) is 3.25. The summed E-state index contributed by atoms with van der Waals surface area (Å²) < 4.78 is 22.9. The lowest BCUT2D eigenvalue weighted by atomic mass is 10.2. The van der Waals surface area contributed by atoms with Gasteiger partial charge in [0.1, 0.15) is 43.1 Å². The molecule has 156 valence electrons. The van der Waals surface area contributed by atoms with E-state index in [1.54, 1.807) is 6.08 Å². The normalized spacial score (nSPS) is 14.6. The number of rotatable bonds is 11. The van der Waals surface area contributed by atoms with Crippen LogP contribution in [0, 0.1) is 17.7 Å². The lowest BCUT2D eigenvalue weighted by Gasteiger charge is -2.13. The van der Waals surface area contributed by atoms with Gasteiger partial charge in [0.2, 0.25) is 5.91 Å². The number of aliphatic hydroxyl groups excluding tert-OH is 3. The van der Waals surface area contributed by atoms with E-state index in [0.29, 0.717) is 5.75 Å². The highest BCUT2D eigenvalue weighted by molar-refractivity contribution is 5.74. The predicted octanol–water partition coefficient (Wildman–Crippen LogP) is 0.461. The summed E-state index contributed by atoms with van der Waals surface area (Å²) in [5.41, 5.74) is 4.88.